The van der Waals surface area contributed by atoms with Crippen LogP contribution in [0.25, 0.3) is 10.1 Å². The predicted octanol–water partition coefficient (Wildman–Crippen LogP) is 2.69. The Labute approximate surface area is 105 Å². The van der Waals surface area contributed by atoms with Gasteiger partial charge in [0.25, 0.3) is 0 Å². The lowest BCUT2D eigenvalue weighted by Gasteiger charge is -2.14. The molecular formula is C13H17FN2S. The Balaban J connectivity index is 2.08. The number of benzene rings is 1. The Morgan fingerprint density at radius 2 is 2.18 bits per heavy atom. The van der Waals surface area contributed by atoms with Gasteiger partial charge >= 0.3 is 0 Å². The maximum Gasteiger partial charge on any atom is 0.123 e. The molecule has 0 amide bonds. The molecule has 2 rings (SSSR count). The maximum atomic E-state index is 13.1. The average molecular weight is 252 g/mol. The summed E-state index contributed by atoms with van der Waals surface area (Å²) in [6.07, 6.45) is 0. The summed E-state index contributed by atoms with van der Waals surface area (Å²) in [6.45, 7) is 2.91. The Hall–Kier alpha value is -0.970. The van der Waals surface area contributed by atoms with Crippen molar-refractivity contribution in [3.8, 4) is 0 Å². The van der Waals surface area contributed by atoms with Crippen molar-refractivity contribution < 1.29 is 4.39 Å². The van der Waals surface area contributed by atoms with Crippen LogP contribution in [0.1, 0.15) is 4.88 Å². The summed E-state index contributed by atoms with van der Waals surface area (Å²) in [4.78, 5) is 3.54. The highest BCUT2D eigenvalue weighted by Crippen LogP contribution is 2.26. The smallest absolute Gasteiger partial charge is 0.123 e. The van der Waals surface area contributed by atoms with E-state index < -0.39 is 0 Å². The number of fused-ring (bicyclic) bond motifs is 1. The third kappa shape index (κ3) is 3.25. The lowest BCUT2D eigenvalue weighted by atomic mass is 10.2. The standard InChI is InChI=1S/C13H17FN2S/c1-15-5-6-16(2)9-12-8-10-7-11(14)3-4-13(10)17-12/h3-4,7-8,15H,5-6,9H2,1-2H3. The molecule has 2 aromatic rings. The largest absolute Gasteiger partial charge is 0.318 e. The van der Waals surface area contributed by atoms with Crippen LogP contribution in [0.15, 0.2) is 24.3 Å². The maximum absolute atomic E-state index is 13.1. The van der Waals surface area contributed by atoms with Gasteiger partial charge in [-0.05, 0) is 43.7 Å². The zero-order valence-corrected chi connectivity index (χ0v) is 11.0. The molecule has 0 saturated heterocycles. The fourth-order valence-electron chi connectivity index (χ4n) is 1.79. The molecule has 1 aromatic carbocycles. The molecule has 0 aliphatic carbocycles. The minimum Gasteiger partial charge on any atom is -0.318 e. The van der Waals surface area contributed by atoms with Gasteiger partial charge in [-0.2, -0.15) is 0 Å². The fourth-order valence-corrected chi connectivity index (χ4v) is 2.92. The van der Waals surface area contributed by atoms with Crippen molar-refractivity contribution in [1.82, 2.24) is 10.2 Å². The molecule has 0 bridgehead atoms. The molecule has 0 fully saturated rings. The molecule has 4 heteroatoms. The van der Waals surface area contributed by atoms with E-state index in [1.165, 1.54) is 10.9 Å². The van der Waals surface area contributed by atoms with E-state index >= 15 is 0 Å². The van der Waals surface area contributed by atoms with Crippen LogP contribution in [0.2, 0.25) is 0 Å². The highest BCUT2D eigenvalue weighted by Gasteiger charge is 2.05. The van der Waals surface area contributed by atoms with E-state index in [1.54, 1.807) is 17.4 Å². The molecule has 0 saturated carbocycles. The number of halogens is 1. The Bertz CT molecular complexity index is 495. The molecule has 92 valence electrons. The second-order valence-electron chi connectivity index (χ2n) is 4.24. The van der Waals surface area contributed by atoms with Gasteiger partial charge in [-0.1, -0.05) is 0 Å². The van der Waals surface area contributed by atoms with Crippen molar-refractivity contribution in [2.24, 2.45) is 0 Å². The Kier molecular flexibility index (Phi) is 4.10. The third-order valence-electron chi connectivity index (χ3n) is 2.70. The second kappa shape index (κ2) is 5.58. The monoisotopic (exact) mass is 252 g/mol. The molecule has 1 N–H and O–H groups in total. The second-order valence-corrected chi connectivity index (χ2v) is 5.40. The minimum absolute atomic E-state index is 0.162. The lowest BCUT2D eigenvalue weighted by molar-refractivity contribution is 0.331. The van der Waals surface area contributed by atoms with Crippen LogP contribution in [0, 0.1) is 5.82 Å². The van der Waals surface area contributed by atoms with Crippen molar-refractivity contribution in [3.63, 3.8) is 0 Å². The summed E-state index contributed by atoms with van der Waals surface area (Å²) in [6, 6.07) is 7.06. The first-order valence-electron chi connectivity index (χ1n) is 5.70. The van der Waals surface area contributed by atoms with Crippen molar-refractivity contribution in [2.75, 3.05) is 27.2 Å². The van der Waals surface area contributed by atoms with Gasteiger partial charge in [-0.15, -0.1) is 11.3 Å². The molecule has 0 aliphatic heterocycles. The Morgan fingerprint density at radius 3 is 2.94 bits per heavy atom. The summed E-state index contributed by atoms with van der Waals surface area (Å²) >= 11 is 1.74. The van der Waals surface area contributed by atoms with E-state index in [1.807, 2.05) is 13.1 Å². The van der Waals surface area contributed by atoms with Gasteiger partial charge in [0, 0.05) is 29.2 Å². The number of nitrogens with one attached hydrogen (secondary N) is 1. The first kappa shape index (κ1) is 12.5. The van der Waals surface area contributed by atoms with E-state index in [4.69, 9.17) is 0 Å². The van der Waals surface area contributed by atoms with Gasteiger partial charge in [0.05, 0.1) is 0 Å². The summed E-state index contributed by atoms with van der Waals surface area (Å²) in [5.74, 6) is -0.162. The topological polar surface area (TPSA) is 15.3 Å². The van der Waals surface area contributed by atoms with E-state index in [0.717, 1.165) is 29.7 Å². The minimum atomic E-state index is -0.162. The summed E-state index contributed by atoms with van der Waals surface area (Å²) in [7, 11) is 4.05. The van der Waals surface area contributed by atoms with Crippen molar-refractivity contribution in [3.05, 3.63) is 35.0 Å². The van der Waals surface area contributed by atoms with Gasteiger partial charge in [0.15, 0.2) is 0 Å². The first-order chi connectivity index (χ1) is 8.19. The van der Waals surface area contributed by atoms with Crippen molar-refractivity contribution in [1.29, 1.82) is 0 Å². The molecular weight excluding hydrogens is 235 g/mol. The van der Waals surface area contributed by atoms with Gasteiger partial charge in [-0.3, -0.25) is 0 Å². The highest BCUT2D eigenvalue weighted by molar-refractivity contribution is 7.19. The van der Waals surface area contributed by atoms with E-state index in [-0.39, 0.29) is 5.82 Å². The molecule has 17 heavy (non-hydrogen) atoms. The summed E-state index contributed by atoms with van der Waals surface area (Å²) < 4.78 is 14.2. The SMILES string of the molecule is CNCCN(C)Cc1cc2cc(F)ccc2s1. The third-order valence-corrected chi connectivity index (χ3v) is 3.80. The number of rotatable bonds is 5. The Morgan fingerprint density at radius 1 is 1.35 bits per heavy atom. The van der Waals surface area contributed by atoms with Crippen LogP contribution in [0.5, 0.6) is 0 Å². The average Bonchev–Trinajstić information content (AvgIpc) is 2.67. The van der Waals surface area contributed by atoms with Crippen LogP contribution >= 0.6 is 11.3 Å². The number of hydrogen-bond acceptors (Lipinski definition) is 3. The van der Waals surface area contributed by atoms with E-state index in [0.29, 0.717) is 0 Å². The quantitative estimate of drug-likeness (QED) is 0.880. The molecule has 1 aromatic heterocycles. The normalized spacial score (nSPS) is 11.5. The zero-order valence-electron chi connectivity index (χ0n) is 10.2. The van der Waals surface area contributed by atoms with Gasteiger partial charge in [0.2, 0.25) is 0 Å². The molecule has 0 aliphatic rings. The molecule has 0 spiro atoms. The molecule has 0 atom stereocenters. The molecule has 0 radical (unpaired) electrons. The summed E-state index contributed by atoms with van der Waals surface area (Å²) in [5.41, 5.74) is 0. The van der Waals surface area contributed by atoms with Crippen LogP contribution in [0.4, 0.5) is 4.39 Å². The molecule has 2 nitrogen and oxygen atoms in total. The fraction of sp³-hybridized carbons (Fsp3) is 0.385. The van der Waals surface area contributed by atoms with Gasteiger partial charge < -0.3 is 10.2 Å². The van der Waals surface area contributed by atoms with Crippen LogP contribution < -0.4 is 5.32 Å². The first-order valence-corrected chi connectivity index (χ1v) is 6.52. The van der Waals surface area contributed by atoms with Crippen LogP contribution in [0.3, 0.4) is 0 Å². The number of nitrogens with zero attached hydrogens (tertiary/aromatic N) is 1. The van der Waals surface area contributed by atoms with Crippen LogP contribution in [-0.4, -0.2) is 32.1 Å². The van der Waals surface area contributed by atoms with E-state index in [9.17, 15) is 4.39 Å². The number of hydrogen-bond donors (Lipinski definition) is 1. The van der Waals surface area contributed by atoms with Crippen LogP contribution in [-0.2, 0) is 6.54 Å². The van der Waals surface area contributed by atoms with E-state index in [2.05, 4.69) is 23.3 Å². The van der Waals surface area contributed by atoms with Gasteiger partial charge in [0.1, 0.15) is 5.82 Å². The number of likely N-dealkylation sites (N-methyl/N-ethyl adjacent to an activating group) is 2. The van der Waals surface area contributed by atoms with Crippen molar-refractivity contribution in [2.45, 2.75) is 6.54 Å². The van der Waals surface area contributed by atoms with Crippen molar-refractivity contribution >= 4 is 21.4 Å². The van der Waals surface area contributed by atoms with Gasteiger partial charge in [-0.25, -0.2) is 4.39 Å². The lowest BCUT2D eigenvalue weighted by Crippen LogP contribution is -2.26. The molecule has 0 unspecified atom stereocenters. The summed E-state index contributed by atoms with van der Waals surface area (Å²) in [5, 5.41) is 4.14. The molecule has 1 heterocycles. The number of thiophene rings is 1. The predicted molar refractivity (Wildman–Crippen MR) is 72.0 cm³/mol. The highest BCUT2D eigenvalue weighted by atomic mass is 32.1. The zero-order chi connectivity index (χ0) is 12.3.